The van der Waals surface area contributed by atoms with E-state index < -0.39 is 0 Å². The molecule has 0 saturated carbocycles. The largest absolute Gasteiger partial charge is 0.496 e. The van der Waals surface area contributed by atoms with Crippen LogP contribution in [-0.2, 0) is 4.79 Å². The molecule has 0 N–H and O–H groups in total. The summed E-state index contributed by atoms with van der Waals surface area (Å²) in [7, 11) is 1.68. The van der Waals surface area contributed by atoms with Crippen LogP contribution in [0.25, 0.3) is 0 Å². The Morgan fingerprint density at radius 3 is 2.45 bits per heavy atom. The summed E-state index contributed by atoms with van der Waals surface area (Å²) in [6.45, 7) is 4.33. The van der Waals surface area contributed by atoms with Crippen LogP contribution in [0, 0.1) is 0 Å². The molecule has 1 atom stereocenters. The number of ether oxygens (including phenoxy) is 1. The summed E-state index contributed by atoms with van der Waals surface area (Å²) in [5.41, 5.74) is 1.06. The number of carbonyl (C=O) groups is 1. The van der Waals surface area contributed by atoms with Gasteiger partial charge in [0.2, 0.25) is 0 Å². The Morgan fingerprint density at radius 1 is 1.10 bits per heavy atom. The average Bonchev–Trinajstić information content (AvgIpc) is 2.48. The molecule has 0 fully saturated rings. The summed E-state index contributed by atoms with van der Waals surface area (Å²) in [5, 5.41) is 0. The predicted molar refractivity (Wildman–Crippen MR) is 84.4 cm³/mol. The van der Waals surface area contributed by atoms with Crippen molar-refractivity contribution in [3.63, 3.8) is 0 Å². The lowest BCUT2D eigenvalue weighted by Gasteiger charge is -2.18. The number of unbranched alkanes of at least 4 members (excludes halogenated alkanes) is 3. The smallest absolute Gasteiger partial charge is 0.140 e. The Morgan fingerprint density at radius 2 is 1.80 bits per heavy atom. The molecule has 0 aromatic heterocycles. The van der Waals surface area contributed by atoms with Gasteiger partial charge in [0.05, 0.1) is 7.11 Å². The minimum atomic E-state index is 0.00274. The second kappa shape index (κ2) is 9.57. The fourth-order valence-electron chi connectivity index (χ4n) is 2.58. The molecular formula is C18H28O2. The molecule has 0 aliphatic rings. The number of benzene rings is 1. The van der Waals surface area contributed by atoms with Gasteiger partial charge >= 0.3 is 0 Å². The zero-order chi connectivity index (χ0) is 14.8. The van der Waals surface area contributed by atoms with Gasteiger partial charge in [0.25, 0.3) is 0 Å². The first-order chi connectivity index (χ1) is 9.74. The van der Waals surface area contributed by atoms with Crippen LogP contribution in [0.15, 0.2) is 24.3 Å². The highest BCUT2D eigenvalue weighted by atomic mass is 16.5. The SMILES string of the molecule is CCCCCC(=O)[C@@H](CCCC)c1ccccc1OC. The van der Waals surface area contributed by atoms with Gasteiger partial charge in [-0.25, -0.2) is 0 Å². The van der Waals surface area contributed by atoms with Crippen LogP contribution in [0.3, 0.4) is 0 Å². The molecule has 0 unspecified atom stereocenters. The number of ketones is 1. The van der Waals surface area contributed by atoms with E-state index >= 15 is 0 Å². The molecule has 0 radical (unpaired) electrons. The molecule has 0 spiro atoms. The van der Waals surface area contributed by atoms with E-state index in [1.54, 1.807) is 7.11 Å². The number of carbonyl (C=O) groups excluding carboxylic acids is 1. The second-order valence-electron chi connectivity index (χ2n) is 5.36. The van der Waals surface area contributed by atoms with Crippen LogP contribution in [-0.4, -0.2) is 12.9 Å². The summed E-state index contributed by atoms with van der Waals surface area (Å²) >= 11 is 0. The number of hydrogen-bond donors (Lipinski definition) is 0. The number of Topliss-reactive ketones (excluding diaryl/α,β-unsaturated/α-hetero) is 1. The molecule has 0 heterocycles. The average molecular weight is 276 g/mol. The van der Waals surface area contributed by atoms with Gasteiger partial charge in [0.15, 0.2) is 0 Å². The summed E-state index contributed by atoms with van der Waals surface area (Å²) in [4.78, 5) is 12.5. The Bertz CT molecular complexity index is 398. The first-order valence-corrected chi connectivity index (χ1v) is 7.90. The van der Waals surface area contributed by atoms with Gasteiger partial charge in [0.1, 0.15) is 11.5 Å². The first kappa shape index (κ1) is 16.7. The summed E-state index contributed by atoms with van der Waals surface area (Å²) in [5.74, 6) is 1.22. The number of methoxy groups -OCH3 is 1. The minimum absolute atomic E-state index is 0.00274. The van der Waals surface area contributed by atoms with Crippen molar-refractivity contribution in [2.75, 3.05) is 7.11 Å². The van der Waals surface area contributed by atoms with Crippen molar-refractivity contribution >= 4 is 5.78 Å². The van der Waals surface area contributed by atoms with Gasteiger partial charge in [-0.1, -0.05) is 57.7 Å². The van der Waals surface area contributed by atoms with E-state index in [1.807, 2.05) is 24.3 Å². The predicted octanol–water partition coefficient (Wildman–Crippen LogP) is 5.12. The fourth-order valence-corrected chi connectivity index (χ4v) is 2.58. The third-order valence-electron chi connectivity index (χ3n) is 3.78. The Hall–Kier alpha value is -1.31. The number of hydrogen-bond acceptors (Lipinski definition) is 2. The highest BCUT2D eigenvalue weighted by Gasteiger charge is 2.22. The molecule has 1 rings (SSSR count). The van der Waals surface area contributed by atoms with E-state index in [4.69, 9.17) is 4.74 Å². The lowest BCUT2D eigenvalue weighted by Crippen LogP contribution is -2.13. The van der Waals surface area contributed by atoms with Crippen LogP contribution in [0.4, 0.5) is 0 Å². The monoisotopic (exact) mass is 276 g/mol. The van der Waals surface area contributed by atoms with Crippen molar-refractivity contribution in [1.29, 1.82) is 0 Å². The third kappa shape index (κ3) is 4.99. The standard InChI is InChI=1S/C18H28O2/c1-4-6-8-13-17(19)15(11-7-5-2)16-12-9-10-14-18(16)20-3/h9-10,12,14-15H,4-8,11,13H2,1-3H3/t15-/m0/s1. The summed E-state index contributed by atoms with van der Waals surface area (Å²) < 4.78 is 5.43. The van der Waals surface area contributed by atoms with Crippen LogP contribution in [0.5, 0.6) is 5.75 Å². The highest BCUT2D eigenvalue weighted by Crippen LogP contribution is 2.32. The fraction of sp³-hybridized carbons (Fsp3) is 0.611. The van der Waals surface area contributed by atoms with Crippen molar-refractivity contribution in [1.82, 2.24) is 0 Å². The maximum Gasteiger partial charge on any atom is 0.140 e. The lowest BCUT2D eigenvalue weighted by atomic mass is 9.87. The first-order valence-electron chi connectivity index (χ1n) is 7.90. The van der Waals surface area contributed by atoms with E-state index in [9.17, 15) is 4.79 Å². The van der Waals surface area contributed by atoms with Crippen molar-refractivity contribution in [2.24, 2.45) is 0 Å². The van der Waals surface area contributed by atoms with E-state index in [2.05, 4.69) is 13.8 Å². The molecule has 0 aliphatic heterocycles. The van der Waals surface area contributed by atoms with Crippen LogP contribution < -0.4 is 4.74 Å². The van der Waals surface area contributed by atoms with Gasteiger partial charge in [-0.3, -0.25) is 4.79 Å². The maximum absolute atomic E-state index is 12.5. The highest BCUT2D eigenvalue weighted by molar-refractivity contribution is 5.86. The van der Waals surface area contributed by atoms with Gasteiger partial charge in [-0.05, 0) is 18.9 Å². The van der Waals surface area contributed by atoms with Crippen molar-refractivity contribution in [3.05, 3.63) is 29.8 Å². The molecule has 1 aromatic rings. The number of para-hydroxylation sites is 1. The topological polar surface area (TPSA) is 26.3 Å². The third-order valence-corrected chi connectivity index (χ3v) is 3.78. The Balaban J connectivity index is 2.84. The minimum Gasteiger partial charge on any atom is -0.496 e. The molecule has 1 aromatic carbocycles. The maximum atomic E-state index is 12.5. The Kier molecular flexibility index (Phi) is 8.01. The van der Waals surface area contributed by atoms with E-state index in [0.717, 1.165) is 49.8 Å². The van der Waals surface area contributed by atoms with E-state index in [1.165, 1.54) is 0 Å². The molecular weight excluding hydrogens is 248 g/mol. The zero-order valence-corrected chi connectivity index (χ0v) is 13.2. The molecule has 2 heteroatoms. The van der Waals surface area contributed by atoms with E-state index in [-0.39, 0.29) is 5.92 Å². The van der Waals surface area contributed by atoms with Gasteiger partial charge in [-0.15, -0.1) is 0 Å². The van der Waals surface area contributed by atoms with E-state index in [0.29, 0.717) is 12.2 Å². The van der Waals surface area contributed by atoms with Crippen LogP contribution >= 0.6 is 0 Å². The normalized spacial score (nSPS) is 12.2. The number of rotatable bonds is 10. The zero-order valence-electron chi connectivity index (χ0n) is 13.2. The summed E-state index contributed by atoms with van der Waals surface area (Å²) in [6, 6.07) is 7.95. The second-order valence-corrected chi connectivity index (χ2v) is 5.36. The summed E-state index contributed by atoms with van der Waals surface area (Å²) in [6.07, 6.45) is 7.13. The molecule has 2 nitrogen and oxygen atoms in total. The van der Waals surface area contributed by atoms with Gasteiger partial charge in [0, 0.05) is 17.9 Å². The molecule has 0 aliphatic carbocycles. The quantitative estimate of drug-likeness (QED) is 0.554. The molecule has 0 amide bonds. The van der Waals surface area contributed by atoms with Gasteiger partial charge in [-0.2, -0.15) is 0 Å². The van der Waals surface area contributed by atoms with Crippen LogP contribution in [0.1, 0.15) is 70.3 Å². The van der Waals surface area contributed by atoms with Gasteiger partial charge < -0.3 is 4.74 Å². The Labute approximate surface area is 123 Å². The molecule has 112 valence electrons. The van der Waals surface area contributed by atoms with Crippen molar-refractivity contribution in [3.8, 4) is 5.75 Å². The lowest BCUT2D eigenvalue weighted by molar-refractivity contribution is -0.120. The molecule has 0 bridgehead atoms. The molecule has 0 saturated heterocycles. The van der Waals surface area contributed by atoms with Crippen molar-refractivity contribution in [2.45, 2.75) is 64.7 Å². The van der Waals surface area contributed by atoms with Crippen molar-refractivity contribution < 1.29 is 9.53 Å². The molecule has 20 heavy (non-hydrogen) atoms. The van der Waals surface area contributed by atoms with Crippen LogP contribution in [0.2, 0.25) is 0 Å².